The number of β-lactam (4-membered cyclic amide) rings is 1. The Labute approximate surface area is 163 Å². The number of fused-ring (bicyclic) bond motifs is 1. The van der Waals surface area contributed by atoms with Crippen LogP contribution in [0.5, 0.6) is 0 Å². The van der Waals surface area contributed by atoms with E-state index in [1.165, 1.54) is 24.9 Å². The van der Waals surface area contributed by atoms with Gasteiger partial charge in [-0.2, -0.15) is 0 Å². The van der Waals surface area contributed by atoms with E-state index in [-0.39, 0.29) is 30.1 Å². The van der Waals surface area contributed by atoms with E-state index in [0.29, 0.717) is 5.76 Å². The van der Waals surface area contributed by atoms with Crippen LogP contribution < -0.4 is 5.32 Å². The minimum Gasteiger partial charge on any atom is -0.477 e. The second-order valence-electron chi connectivity index (χ2n) is 6.31. The minimum atomic E-state index is -1.62. The molecule has 0 radical (unpaired) electrons. The first-order chi connectivity index (χ1) is 13.3. The molecule has 11 heteroatoms. The van der Waals surface area contributed by atoms with Gasteiger partial charge in [0.25, 0.3) is 5.91 Å². The van der Waals surface area contributed by atoms with Crippen molar-refractivity contribution in [3.63, 3.8) is 0 Å². The first-order valence-corrected chi connectivity index (χ1v) is 9.33. The molecule has 1 saturated heterocycles. The van der Waals surface area contributed by atoms with Crippen LogP contribution in [0.3, 0.4) is 0 Å². The summed E-state index contributed by atoms with van der Waals surface area (Å²) in [6.07, 6.45) is 1.28. The number of aliphatic carboxylic acids is 1. The maximum Gasteiger partial charge on any atom is 0.352 e. The van der Waals surface area contributed by atoms with Crippen molar-refractivity contribution in [3.05, 3.63) is 35.4 Å². The van der Waals surface area contributed by atoms with Crippen molar-refractivity contribution in [3.8, 4) is 0 Å². The number of carboxylic acids is 1. The molecule has 1 unspecified atom stereocenters. The van der Waals surface area contributed by atoms with Crippen molar-refractivity contribution in [1.29, 1.82) is 0 Å². The van der Waals surface area contributed by atoms with E-state index in [1.807, 2.05) is 0 Å². The summed E-state index contributed by atoms with van der Waals surface area (Å²) in [5.74, 6) is -2.65. The Morgan fingerprint density at radius 1 is 1.46 bits per heavy atom. The monoisotopic (exact) mass is 410 g/mol. The van der Waals surface area contributed by atoms with Crippen molar-refractivity contribution < 1.29 is 38.5 Å². The number of aliphatic hydroxyl groups is 1. The standard InChI is InChI=1S/C17H18N2O8S/c1-9(21)27-6-10-7-28-16-17(8-20,15(25)19(16)13(10)14(23)24)18-12(22)5-11-3-2-4-26-11/h2-4,16,20H,5-8H2,1H3,(H,18,22)(H,23,24)/t16-,17?/m1/s1. The molecule has 0 aliphatic carbocycles. The minimum absolute atomic E-state index is 0.126. The van der Waals surface area contributed by atoms with Crippen LogP contribution in [0.1, 0.15) is 12.7 Å². The molecule has 0 saturated carbocycles. The highest BCUT2D eigenvalue weighted by molar-refractivity contribution is 8.00. The summed E-state index contributed by atoms with van der Waals surface area (Å²) in [4.78, 5) is 48.8. The Bertz CT molecular complexity index is 849. The van der Waals surface area contributed by atoms with Crippen molar-refractivity contribution in [1.82, 2.24) is 10.2 Å². The number of rotatable bonds is 7. The van der Waals surface area contributed by atoms with Gasteiger partial charge in [0.1, 0.15) is 23.4 Å². The number of carboxylic acid groups (broad SMARTS) is 1. The molecule has 0 aromatic carbocycles. The number of aliphatic hydroxyl groups excluding tert-OH is 1. The van der Waals surface area contributed by atoms with E-state index < -0.39 is 41.3 Å². The molecule has 2 aliphatic rings. The van der Waals surface area contributed by atoms with Crippen molar-refractivity contribution in [2.45, 2.75) is 24.3 Å². The lowest BCUT2D eigenvalue weighted by Crippen LogP contribution is -2.81. The number of esters is 1. The van der Waals surface area contributed by atoms with Gasteiger partial charge in [-0.05, 0) is 12.1 Å². The average molecular weight is 410 g/mol. The van der Waals surface area contributed by atoms with Crippen LogP contribution in [0.2, 0.25) is 0 Å². The fraction of sp³-hybridized carbons (Fsp3) is 0.412. The molecule has 1 fully saturated rings. The topological polar surface area (TPSA) is 146 Å². The van der Waals surface area contributed by atoms with Gasteiger partial charge in [-0.25, -0.2) is 4.79 Å². The first-order valence-electron chi connectivity index (χ1n) is 8.28. The second-order valence-corrected chi connectivity index (χ2v) is 7.38. The van der Waals surface area contributed by atoms with Gasteiger partial charge in [-0.3, -0.25) is 19.3 Å². The molecule has 150 valence electrons. The van der Waals surface area contributed by atoms with E-state index in [9.17, 15) is 29.4 Å². The van der Waals surface area contributed by atoms with Gasteiger partial charge in [-0.15, -0.1) is 11.8 Å². The molecule has 28 heavy (non-hydrogen) atoms. The molecule has 2 amide bonds. The summed E-state index contributed by atoms with van der Waals surface area (Å²) >= 11 is 1.17. The SMILES string of the molecule is CC(=O)OCC1=C(C(=O)O)N2C(=O)C(CO)(NC(=O)Cc3ccco3)[C@H]2SC1. The number of furan rings is 1. The lowest BCUT2D eigenvalue weighted by atomic mass is 9.86. The molecule has 2 aliphatic heterocycles. The summed E-state index contributed by atoms with van der Waals surface area (Å²) in [6.45, 7) is 0.257. The van der Waals surface area contributed by atoms with Gasteiger partial charge in [0, 0.05) is 18.2 Å². The van der Waals surface area contributed by atoms with E-state index in [2.05, 4.69) is 5.32 Å². The molecular formula is C17H18N2O8S. The highest BCUT2D eigenvalue weighted by Crippen LogP contribution is 2.46. The van der Waals surface area contributed by atoms with Gasteiger partial charge in [0.05, 0.1) is 19.3 Å². The summed E-state index contributed by atoms with van der Waals surface area (Å²) in [5.41, 5.74) is -1.65. The number of carbonyl (C=O) groups is 4. The number of ether oxygens (including phenoxy) is 1. The first kappa shape index (κ1) is 20.0. The fourth-order valence-corrected chi connectivity index (χ4v) is 4.60. The molecule has 10 nitrogen and oxygen atoms in total. The number of nitrogens with one attached hydrogen (secondary N) is 1. The summed E-state index contributed by atoms with van der Waals surface area (Å²) in [6, 6.07) is 3.22. The zero-order chi connectivity index (χ0) is 20.5. The Balaban J connectivity index is 1.81. The summed E-state index contributed by atoms with van der Waals surface area (Å²) in [7, 11) is 0. The molecule has 0 spiro atoms. The van der Waals surface area contributed by atoms with E-state index in [4.69, 9.17) is 9.15 Å². The Morgan fingerprint density at radius 3 is 2.79 bits per heavy atom. The number of hydrogen-bond acceptors (Lipinski definition) is 8. The van der Waals surface area contributed by atoms with Crippen LogP contribution in [-0.2, 0) is 30.3 Å². The normalized spacial score (nSPS) is 23.7. The fourth-order valence-electron chi connectivity index (χ4n) is 3.15. The molecule has 1 aromatic rings. The Kier molecular flexibility index (Phi) is 5.47. The Hall–Kier alpha value is -2.79. The number of carbonyl (C=O) groups excluding carboxylic acids is 3. The molecule has 1 aromatic heterocycles. The second kappa shape index (κ2) is 7.68. The van der Waals surface area contributed by atoms with Gasteiger partial charge in [0.15, 0.2) is 5.54 Å². The van der Waals surface area contributed by atoms with Crippen molar-refractivity contribution >= 4 is 35.5 Å². The third-order valence-corrected chi connectivity index (χ3v) is 5.87. The maximum atomic E-state index is 12.8. The highest BCUT2D eigenvalue weighted by atomic mass is 32.2. The number of thioether (sulfide) groups is 1. The molecule has 0 bridgehead atoms. The van der Waals surface area contributed by atoms with Crippen LogP contribution in [0.25, 0.3) is 0 Å². The van der Waals surface area contributed by atoms with Gasteiger partial charge < -0.3 is 24.7 Å². The van der Waals surface area contributed by atoms with Crippen LogP contribution in [0.4, 0.5) is 0 Å². The zero-order valence-electron chi connectivity index (χ0n) is 14.8. The van der Waals surface area contributed by atoms with Crippen LogP contribution in [0.15, 0.2) is 34.1 Å². The quantitative estimate of drug-likeness (QED) is 0.399. The predicted molar refractivity (Wildman–Crippen MR) is 94.8 cm³/mol. The largest absolute Gasteiger partial charge is 0.477 e. The predicted octanol–water partition coefficient (Wildman–Crippen LogP) is -0.514. The summed E-state index contributed by atoms with van der Waals surface area (Å²) in [5, 5.41) is 21.1. The van der Waals surface area contributed by atoms with Gasteiger partial charge >= 0.3 is 11.9 Å². The average Bonchev–Trinajstić information content (AvgIpc) is 3.15. The van der Waals surface area contributed by atoms with E-state index >= 15 is 0 Å². The number of amides is 2. The zero-order valence-corrected chi connectivity index (χ0v) is 15.7. The van der Waals surface area contributed by atoms with Crippen LogP contribution in [-0.4, -0.2) is 68.7 Å². The molecule has 3 rings (SSSR count). The highest BCUT2D eigenvalue weighted by Gasteiger charge is 2.65. The van der Waals surface area contributed by atoms with Gasteiger partial charge in [-0.1, -0.05) is 0 Å². The number of hydrogen-bond donors (Lipinski definition) is 3. The van der Waals surface area contributed by atoms with Crippen molar-refractivity contribution in [2.24, 2.45) is 0 Å². The van der Waals surface area contributed by atoms with E-state index in [1.54, 1.807) is 12.1 Å². The number of nitrogens with zero attached hydrogens (tertiary/aromatic N) is 1. The molecule has 3 heterocycles. The third-order valence-electron chi connectivity index (χ3n) is 4.43. The maximum absolute atomic E-state index is 12.8. The van der Waals surface area contributed by atoms with Crippen LogP contribution in [0, 0.1) is 0 Å². The lowest BCUT2D eigenvalue weighted by Gasteiger charge is -2.56. The summed E-state index contributed by atoms with van der Waals surface area (Å²) < 4.78 is 9.96. The molecule has 2 atom stereocenters. The molecular weight excluding hydrogens is 392 g/mol. The van der Waals surface area contributed by atoms with Gasteiger partial charge in [0.2, 0.25) is 5.91 Å². The smallest absolute Gasteiger partial charge is 0.352 e. The van der Waals surface area contributed by atoms with E-state index in [0.717, 1.165) is 4.90 Å². The molecule has 3 N–H and O–H groups in total. The third kappa shape index (κ3) is 3.38. The van der Waals surface area contributed by atoms with Crippen LogP contribution >= 0.6 is 11.8 Å². The Morgan fingerprint density at radius 2 is 2.21 bits per heavy atom. The van der Waals surface area contributed by atoms with Crippen molar-refractivity contribution in [2.75, 3.05) is 19.0 Å². The lowest BCUT2D eigenvalue weighted by molar-refractivity contribution is -0.162.